The molecule has 0 aliphatic carbocycles. The van der Waals surface area contributed by atoms with Gasteiger partial charge in [0.2, 0.25) is 0 Å². The second-order valence-electron chi connectivity index (χ2n) is 5.02. The van der Waals surface area contributed by atoms with Gasteiger partial charge in [-0.2, -0.15) is 0 Å². The average Bonchev–Trinajstić information content (AvgIpc) is 2.47. The Morgan fingerprint density at radius 2 is 2.15 bits per heavy atom. The van der Waals surface area contributed by atoms with E-state index < -0.39 is 5.82 Å². The number of hydrogen-bond acceptors (Lipinski definition) is 4. The molecule has 20 heavy (non-hydrogen) atoms. The minimum absolute atomic E-state index is 0.0878. The number of benzene rings is 1. The molecule has 1 aromatic carbocycles. The second-order valence-corrected chi connectivity index (χ2v) is 5.02. The zero-order chi connectivity index (χ0) is 14.4. The van der Waals surface area contributed by atoms with Crippen LogP contribution in [0.2, 0.25) is 0 Å². The van der Waals surface area contributed by atoms with Gasteiger partial charge in [0.1, 0.15) is 5.82 Å². The van der Waals surface area contributed by atoms with Gasteiger partial charge < -0.3 is 21.0 Å². The smallest absolute Gasteiger partial charge is 0.170 e. The van der Waals surface area contributed by atoms with E-state index in [0.29, 0.717) is 18.0 Å². The summed E-state index contributed by atoms with van der Waals surface area (Å²) in [7, 11) is 0. The van der Waals surface area contributed by atoms with Gasteiger partial charge in [0, 0.05) is 25.3 Å². The molecule has 1 fully saturated rings. The molecule has 1 aliphatic rings. The van der Waals surface area contributed by atoms with Gasteiger partial charge in [0.25, 0.3) is 0 Å². The zero-order valence-corrected chi connectivity index (χ0v) is 11.3. The molecule has 0 unspecified atom stereocenters. The lowest BCUT2D eigenvalue weighted by molar-refractivity contribution is 0.0662. The Morgan fingerprint density at radius 3 is 2.85 bits per heavy atom. The Labute approximate surface area is 117 Å². The molecule has 4 N–H and O–H groups in total. The minimum atomic E-state index is -0.392. The van der Waals surface area contributed by atoms with Gasteiger partial charge in [-0.1, -0.05) is 5.16 Å². The molecule has 1 aliphatic heterocycles. The topological polar surface area (TPSA) is 79.9 Å². The molecule has 5 nitrogen and oxygen atoms in total. The molecule has 2 rings (SSSR count). The normalized spacial score (nSPS) is 17.4. The molecule has 0 bridgehead atoms. The molecule has 0 radical (unpaired) electrons. The van der Waals surface area contributed by atoms with Crippen LogP contribution in [0.4, 0.5) is 4.39 Å². The van der Waals surface area contributed by atoms with Crippen molar-refractivity contribution in [1.82, 2.24) is 5.32 Å². The molecule has 0 spiro atoms. The average molecular weight is 281 g/mol. The molecule has 110 valence electrons. The van der Waals surface area contributed by atoms with Crippen molar-refractivity contribution in [3.63, 3.8) is 0 Å². The van der Waals surface area contributed by atoms with Crippen LogP contribution in [0.5, 0.6) is 0 Å². The van der Waals surface area contributed by atoms with Gasteiger partial charge >= 0.3 is 0 Å². The number of rotatable bonds is 5. The Balaban J connectivity index is 1.90. The number of hydrogen-bond donors (Lipinski definition) is 3. The van der Waals surface area contributed by atoms with E-state index in [4.69, 9.17) is 15.7 Å². The number of halogens is 1. The maximum atomic E-state index is 13.5. The highest BCUT2D eigenvalue weighted by molar-refractivity contribution is 5.97. The van der Waals surface area contributed by atoms with Gasteiger partial charge in [-0.05, 0) is 49.1 Å². The zero-order valence-electron chi connectivity index (χ0n) is 11.3. The van der Waals surface area contributed by atoms with E-state index in [-0.39, 0.29) is 5.84 Å². The van der Waals surface area contributed by atoms with Crippen LogP contribution >= 0.6 is 0 Å². The molecule has 0 aromatic heterocycles. The van der Waals surface area contributed by atoms with E-state index in [1.165, 1.54) is 12.1 Å². The van der Waals surface area contributed by atoms with Gasteiger partial charge in [-0.25, -0.2) is 4.39 Å². The summed E-state index contributed by atoms with van der Waals surface area (Å²) in [6.07, 6.45) is 2.12. The van der Waals surface area contributed by atoms with Crippen LogP contribution in [0.15, 0.2) is 23.4 Å². The molecular formula is C14H20FN3O2. The standard InChI is InChI=1S/C14H20FN3O2/c15-13-6-11(5-12(7-13)14(16)18-19)9-17-8-10-1-3-20-4-2-10/h5-7,10,17,19H,1-4,8-9H2,(H2,16,18). The summed E-state index contributed by atoms with van der Waals surface area (Å²) in [6, 6.07) is 4.41. The summed E-state index contributed by atoms with van der Waals surface area (Å²) in [5, 5.41) is 14.8. The lowest BCUT2D eigenvalue weighted by Crippen LogP contribution is -2.27. The SMILES string of the molecule is N/C(=N/O)c1cc(F)cc(CNCC2CCOCC2)c1. The monoisotopic (exact) mass is 281 g/mol. The van der Waals surface area contributed by atoms with Gasteiger partial charge in [-0.15, -0.1) is 0 Å². The summed E-state index contributed by atoms with van der Waals surface area (Å²) in [4.78, 5) is 0. The number of nitrogens with two attached hydrogens (primary N) is 1. The highest BCUT2D eigenvalue weighted by Crippen LogP contribution is 2.14. The third kappa shape index (κ3) is 4.18. The minimum Gasteiger partial charge on any atom is -0.409 e. The van der Waals surface area contributed by atoms with Crippen LogP contribution in [0, 0.1) is 11.7 Å². The fraction of sp³-hybridized carbons (Fsp3) is 0.500. The summed E-state index contributed by atoms with van der Waals surface area (Å²) >= 11 is 0. The fourth-order valence-electron chi connectivity index (χ4n) is 2.33. The van der Waals surface area contributed by atoms with Crippen LogP contribution in [-0.4, -0.2) is 30.8 Å². The summed E-state index contributed by atoms with van der Waals surface area (Å²) in [5.41, 5.74) is 6.64. The Kier molecular flexibility index (Phi) is 5.31. The predicted molar refractivity (Wildman–Crippen MR) is 74.2 cm³/mol. The van der Waals surface area contributed by atoms with Crippen molar-refractivity contribution in [2.45, 2.75) is 19.4 Å². The number of nitrogens with one attached hydrogen (secondary N) is 1. The second kappa shape index (κ2) is 7.21. The van der Waals surface area contributed by atoms with Crippen molar-refractivity contribution >= 4 is 5.84 Å². The molecule has 0 atom stereocenters. The summed E-state index contributed by atoms with van der Waals surface area (Å²) in [6.45, 7) is 3.08. The van der Waals surface area contributed by atoms with E-state index in [0.717, 1.165) is 38.2 Å². The van der Waals surface area contributed by atoms with Crippen LogP contribution in [-0.2, 0) is 11.3 Å². The first-order valence-electron chi connectivity index (χ1n) is 6.75. The largest absolute Gasteiger partial charge is 0.409 e. The fourth-order valence-corrected chi connectivity index (χ4v) is 2.33. The van der Waals surface area contributed by atoms with Crippen molar-refractivity contribution < 1.29 is 14.3 Å². The molecular weight excluding hydrogens is 261 g/mol. The van der Waals surface area contributed by atoms with Crippen molar-refractivity contribution in [2.75, 3.05) is 19.8 Å². The van der Waals surface area contributed by atoms with Gasteiger partial charge in [-0.3, -0.25) is 0 Å². The predicted octanol–water partition coefficient (Wildman–Crippen LogP) is 1.44. The molecule has 0 saturated carbocycles. The van der Waals surface area contributed by atoms with E-state index in [1.807, 2.05) is 0 Å². The third-order valence-electron chi connectivity index (χ3n) is 3.46. The summed E-state index contributed by atoms with van der Waals surface area (Å²) in [5.74, 6) is 0.132. The first-order chi connectivity index (χ1) is 9.69. The third-order valence-corrected chi connectivity index (χ3v) is 3.46. The van der Waals surface area contributed by atoms with Crippen LogP contribution in [0.1, 0.15) is 24.0 Å². The highest BCUT2D eigenvalue weighted by Gasteiger charge is 2.13. The van der Waals surface area contributed by atoms with Crippen molar-refractivity contribution in [2.24, 2.45) is 16.8 Å². The van der Waals surface area contributed by atoms with Gasteiger partial charge in [0.15, 0.2) is 5.84 Å². The van der Waals surface area contributed by atoms with Crippen LogP contribution < -0.4 is 11.1 Å². The first-order valence-corrected chi connectivity index (χ1v) is 6.75. The number of oxime groups is 1. The Hall–Kier alpha value is -1.66. The lowest BCUT2D eigenvalue weighted by atomic mass is 10.0. The number of ether oxygens (including phenoxy) is 1. The van der Waals surface area contributed by atoms with Crippen LogP contribution in [0.3, 0.4) is 0 Å². The van der Waals surface area contributed by atoms with E-state index in [2.05, 4.69) is 10.5 Å². The Bertz CT molecular complexity index is 473. The quantitative estimate of drug-likeness (QED) is 0.330. The maximum Gasteiger partial charge on any atom is 0.170 e. The van der Waals surface area contributed by atoms with E-state index in [1.54, 1.807) is 6.07 Å². The Morgan fingerprint density at radius 1 is 1.40 bits per heavy atom. The lowest BCUT2D eigenvalue weighted by Gasteiger charge is -2.22. The van der Waals surface area contributed by atoms with Crippen molar-refractivity contribution in [1.29, 1.82) is 0 Å². The van der Waals surface area contributed by atoms with Crippen molar-refractivity contribution in [3.8, 4) is 0 Å². The molecule has 1 saturated heterocycles. The van der Waals surface area contributed by atoms with E-state index in [9.17, 15) is 4.39 Å². The molecule has 6 heteroatoms. The van der Waals surface area contributed by atoms with Crippen molar-refractivity contribution in [3.05, 3.63) is 35.1 Å². The van der Waals surface area contributed by atoms with Gasteiger partial charge in [0.05, 0.1) is 0 Å². The molecule has 1 aromatic rings. The summed E-state index contributed by atoms with van der Waals surface area (Å²) < 4.78 is 18.8. The molecule has 0 amide bonds. The number of nitrogens with zero attached hydrogens (tertiary/aromatic N) is 1. The number of amidine groups is 1. The molecule has 1 heterocycles. The van der Waals surface area contributed by atoms with E-state index >= 15 is 0 Å². The van der Waals surface area contributed by atoms with Crippen LogP contribution in [0.25, 0.3) is 0 Å². The first kappa shape index (κ1) is 14.7. The highest BCUT2D eigenvalue weighted by atomic mass is 19.1. The maximum absolute atomic E-state index is 13.5.